The fraction of sp³-hybridized carbons (Fsp3) is 0.320. The fourth-order valence-electron chi connectivity index (χ4n) is 4.03. The molecule has 0 radical (unpaired) electrons. The number of carboxylic acids is 1. The van der Waals surface area contributed by atoms with Crippen LogP contribution < -0.4 is 10.6 Å². The first-order chi connectivity index (χ1) is 16.6. The lowest BCUT2D eigenvalue weighted by Gasteiger charge is -2.24. The average Bonchev–Trinajstić information content (AvgIpc) is 3.12. The number of aliphatic carboxylic acids is 1. The van der Waals surface area contributed by atoms with E-state index in [0.29, 0.717) is 0 Å². The summed E-state index contributed by atoms with van der Waals surface area (Å²) in [4.78, 5) is 35.8. The van der Waals surface area contributed by atoms with Crippen LogP contribution in [-0.4, -0.2) is 47.9 Å². The molecule has 7 nitrogen and oxygen atoms in total. The Balaban J connectivity index is 1.67. The van der Waals surface area contributed by atoms with Crippen molar-refractivity contribution in [2.75, 3.05) is 6.61 Å². The zero-order valence-corrected chi connectivity index (χ0v) is 18.7. The molecule has 0 aromatic heterocycles. The maximum atomic E-state index is 13.1. The Labute approximate surface area is 200 Å². The van der Waals surface area contributed by atoms with E-state index in [1.807, 2.05) is 48.5 Å². The van der Waals surface area contributed by atoms with Crippen molar-refractivity contribution in [2.24, 2.45) is 0 Å². The molecule has 0 saturated heterocycles. The molecule has 0 fully saturated rings. The zero-order chi connectivity index (χ0) is 25.6. The molecule has 1 aliphatic carbocycles. The Morgan fingerprint density at radius 2 is 1.60 bits per heavy atom. The van der Waals surface area contributed by atoms with Gasteiger partial charge in [-0.05, 0) is 35.1 Å². The van der Waals surface area contributed by atoms with Gasteiger partial charge in [0.25, 0.3) is 0 Å². The van der Waals surface area contributed by atoms with Crippen LogP contribution in [0.25, 0.3) is 11.1 Å². The van der Waals surface area contributed by atoms with Crippen molar-refractivity contribution in [1.29, 1.82) is 0 Å². The van der Waals surface area contributed by atoms with Crippen LogP contribution in [-0.2, 0) is 14.3 Å². The highest BCUT2D eigenvalue weighted by Crippen LogP contribution is 2.44. The van der Waals surface area contributed by atoms with E-state index in [2.05, 4.69) is 11.9 Å². The molecule has 3 rings (SSSR count). The highest BCUT2D eigenvalue weighted by molar-refractivity contribution is 5.86. The first-order valence-corrected chi connectivity index (χ1v) is 10.9. The topological polar surface area (TPSA) is 105 Å². The minimum Gasteiger partial charge on any atom is -0.481 e. The van der Waals surface area contributed by atoms with Gasteiger partial charge in [0.15, 0.2) is 0 Å². The minimum absolute atomic E-state index is 0.0418. The third kappa shape index (κ3) is 6.40. The van der Waals surface area contributed by atoms with Gasteiger partial charge in [-0.15, -0.1) is 6.58 Å². The molecular formula is C25H25F3N2O5. The molecule has 35 heavy (non-hydrogen) atoms. The number of ether oxygens (including phenoxy) is 1. The van der Waals surface area contributed by atoms with Crippen molar-refractivity contribution >= 4 is 18.0 Å². The molecule has 10 heteroatoms. The molecule has 3 N–H and O–H groups in total. The van der Waals surface area contributed by atoms with Crippen LogP contribution in [0, 0.1) is 0 Å². The number of fused-ring (bicyclic) bond motifs is 3. The monoisotopic (exact) mass is 490 g/mol. The van der Waals surface area contributed by atoms with Gasteiger partial charge in [0.2, 0.25) is 5.91 Å². The molecule has 0 aliphatic heterocycles. The van der Waals surface area contributed by atoms with Crippen LogP contribution in [0.2, 0.25) is 0 Å². The zero-order valence-electron chi connectivity index (χ0n) is 18.7. The van der Waals surface area contributed by atoms with Gasteiger partial charge >= 0.3 is 18.2 Å². The third-order valence-corrected chi connectivity index (χ3v) is 5.70. The highest BCUT2D eigenvalue weighted by atomic mass is 19.4. The Morgan fingerprint density at radius 3 is 2.11 bits per heavy atom. The van der Waals surface area contributed by atoms with Gasteiger partial charge in [0.1, 0.15) is 18.7 Å². The number of nitrogens with one attached hydrogen (secondary N) is 2. The molecule has 2 atom stereocenters. The molecule has 0 saturated carbocycles. The van der Waals surface area contributed by atoms with Crippen LogP contribution in [0.4, 0.5) is 18.0 Å². The van der Waals surface area contributed by atoms with Crippen molar-refractivity contribution in [3.8, 4) is 11.1 Å². The van der Waals surface area contributed by atoms with E-state index in [1.165, 1.54) is 6.08 Å². The Bertz CT molecular complexity index is 1060. The summed E-state index contributed by atoms with van der Waals surface area (Å²) in [7, 11) is 0. The molecule has 2 amide bonds. The van der Waals surface area contributed by atoms with E-state index in [-0.39, 0.29) is 25.4 Å². The normalized spacial score (nSPS) is 14.3. The lowest BCUT2D eigenvalue weighted by atomic mass is 9.98. The van der Waals surface area contributed by atoms with Gasteiger partial charge in [0.05, 0.1) is 6.42 Å². The van der Waals surface area contributed by atoms with Crippen molar-refractivity contribution in [3.05, 3.63) is 72.3 Å². The maximum absolute atomic E-state index is 13.1. The molecule has 0 bridgehead atoms. The fourth-order valence-corrected chi connectivity index (χ4v) is 4.03. The number of hydrogen-bond acceptors (Lipinski definition) is 4. The number of halogens is 3. The first kappa shape index (κ1) is 25.8. The minimum atomic E-state index is -4.97. The summed E-state index contributed by atoms with van der Waals surface area (Å²) < 4.78 is 44.8. The number of allylic oxidation sites excluding steroid dienone is 1. The third-order valence-electron chi connectivity index (χ3n) is 5.70. The van der Waals surface area contributed by atoms with Crippen LogP contribution >= 0.6 is 0 Å². The van der Waals surface area contributed by atoms with Crippen LogP contribution in [0.5, 0.6) is 0 Å². The standard InChI is InChI=1S/C25H25F3N2O5/c1-2-3-12-20(23(33)30-21(13-22(31)32)25(26,27)28)29-24(34)35-14-19-17-10-6-4-8-15(17)16-9-5-7-11-18(16)19/h2,4-11,19-21H,1,3,12-14H2,(H,29,34)(H,30,33)(H,31,32). The predicted octanol–water partition coefficient (Wildman–Crippen LogP) is 4.38. The largest absolute Gasteiger partial charge is 0.481 e. The van der Waals surface area contributed by atoms with Crippen LogP contribution in [0.1, 0.15) is 36.3 Å². The molecule has 2 unspecified atom stereocenters. The summed E-state index contributed by atoms with van der Waals surface area (Å²) >= 11 is 0. The SMILES string of the molecule is C=CCCC(NC(=O)OCC1c2ccccc2-c2ccccc21)C(=O)NC(CC(=O)O)C(F)(F)F. The van der Waals surface area contributed by atoms with E-state index in [1.54, 1.807) is 5.32 Å². The number of alkyl halides is 3. The number of benzene rings is 2. The van der Waals surface area contributed by atoms with E-state index in [4.69, 9.17) is 9.84 Å². The number of carbonyl (C=O) groups is 3. The van der Waals surface area contributed by atoms with Gasteiger partial charge in [0, 0.05) is 5.92 Å². The molecule has 1 aliphatic rings. The van der Waals surface area contributed by atoms with Crippen LogP contribution in [0.3, 0.4) is 0 Å². The number of rotatable bonds is 10. The van der Waals surface area contributed by atoms with Crippen molar-refractivity contribution in [3.63, 3.8) is 0 Å². The van der Waals surface area contributed by atoms with E-state index in [9.17, 15) is 27.6 Å². The number of hydrogen-bond donors (Lipinski definition) is 3. The summed E-state index contributed by atoms with van der Waals surface area (Å²) in [6.07, 6.45) is -5.67. The van der Waals surface area contributed by atoms with Crippen molar-refractivity contribution in [2.45, 2.75) is 43.4 Å². The highest BCUT2D eigenvalue weighted by Gasteiger charge is 2.43. The van der Waals surface area contributed by atoms with Gasteiger partial charge < -0.3 is 20.5 Å². The van der Waals surface area contributed by atoms with Gasteiger partial charge in [-0.1, -0.05) is 54.6 Å². The van der Waals surface area contributed by atoms with Crippen LogP contribution in [0.15, 0.2) is 61.2 Å². The van der Waals surface area contributed by atoms with E-state index < -0.39 is 42.7 Å². The van der Waals surface area contributed by atoms with E-state index in [0.717, 1.165) is 22.3 Å². The quantitative estimate of drug-likeness (QED) is 0.429. The number of carbonyl (C=O) groups excluding carboxylic acids is 2. The molecule has 2 aromatic carbocycles. The molecule has 0 heterocycles. The molecule has 0 spiro atoms. The number of carboxylic acid groups (broad SMARTS) is 1. The van der Waals surface area contributed by atoms with E-state index >= 15 is 0 Å². The number of alkyl carbamates (subject to hydrolysis) is 1. The Morgan fingerprint density at radius 1 is 1.03 bits per heavy atom. The van der Waals surface area contributed by atoms with Gasteiger partial charge in [-0.3, -0.25) is 9.59 Å². The lowest BCUT2D eigenvalue weighted by Crippen LogP contribution is -2.54. The summed E-state index contributed by atoms with van der Waals surface area (Å²) in [5.41, 5.74) is 4.00. The Hall–Kier alpha value is -3.82. The lowest BCUT2D eigenvalue weighted by molar-refractivity contribution is -0.170. The predicted molar refractivity (Wildman–Crippen MR) is 122 cm³/mol. The second kappa shape index (κ2) is 11.1. The maximum Gasteiger partial charge on any atom is 0.409 e. The molecule has 2 aromatic rings. The van der Waals surface area contributed by atoms with Gasteiger partial charge in [-0.25, -0.2) is 4.79 Å². The number of amides is 2. The second-order valence-electron chi connectivity index (χ2n) is 8.09. The summed E-state index contributed by atoms with van der Waals surface area (Å²) in [5.74, 6) is -3.12. The van der Waals surface area contributed by atoms with Crippen molar-refractivity contribution < 1.29 is 37.4 Å². The summed E-state index contributed by atoms with van der Waals surface area (Å²) in [6.45, 7) is 3.47. The second-order valence-corrected chi connectivity index (χ2v) is 8.09. The van der Waals surface area contributed by atoms with Crippen molar-refractivity contribution in [1.82, 2.24) is 10.6 Å². The summed E-state index contributed by atoms with van der Waals surface area (Å²) in [5, 5.41) is 12.7. The summed E-state index contributed by atoms with van der Waals surface area (Å²) in [6, 6.07) is 11.4. The molecule has 186 valence electrons. The van der Waals surface area contributed by atoms with Gasteiger partial charge in [-0.2, -0.15) is 13.2 Å². The first-order valence-electron chi connectivity index (χ1n) is 10.9. The average molecular weight is 490 g/mol. The smallest absolute Gasteiger partial charge is 0.409 e. The Kier molecular flexibility index (Phi) is 8.16. The molecular weight excluding hydrogens is 465 g/mol.